The van der Waals surface area contributed by atoms with Gasteiger partial charge in [-0.2, -0.15) is 0 Å². The van der Waals surface area contributed by atoms with E-state index in [0.29, 0.717) is 12.2 Å². The van der Waals surface area contributed by atoms with Crippen molar-refractivity contribution in [2.24, 2.45) is 0 Å². The molecule has 4 heteroatoms. The molecule has 0 spiro atoms. The zero-order valence-corrected chi connectivity index (χ0v) is 11.3. The molecule has 0 saturated carbocycles. The van der Waals surface area contributed by atoms with Gasteiger partial charge < -0.3 is 10.3 Å². The molecule has 0 fully saturated rings. The Balaban J connectivity index is 2.56. The Kier molecular flexibility index (Phi) is 3.11. The molecule has 18 heavy (non-hydrogen) atoms. The lowest BCUT2D eigenvalue weighted by Gasteiger charge is -2.22. The van der Waals surface area contributed by atoms with Gasteiger partial charge in [-0.15, -0.1) is 0 Å². The first-order valence-corrected chi connectivity index (χ1v) is 6.20. The SMILES string of the molecule is CCC(=O)Nc1nc2[nH]ccc2cc1C(C)(C)C. The number of pyridine rings is 1. The number of carbonyl (C=O) groups excluding carboxylic acids is 1. The molecule has 2 aromatic heterocycles. The lowest BCUT2D eigenvalue weighted by Crippen LogP contribution is -2.19. The predicted octanol–water partition coefficient (Wildman–Crippen LogP) is 3.21. The summed E-state index contributed by atoms with van der Waals surface area (Å²) in [6.45, 7) is 8.18. The van der Waals surface area contributed by atoms with Gasteiger partial charge in [-0.25, -0.2) is 4.98 Å². The number of rotatable bonds is 2. The molecule has 0 bridgehead atoms. The van der Waals surface area contributed by atoms with Gasteiger partial charge in [0, 0.05) is 23.6 Å². The molecule has 0 aliphatic carbocycles. The van der Waals surface area contributed by atoms with E-state index < -0.39 is 0 Å². The molecule has 0 aliphatic heterocycles. The fourth-order valence-electron chi connectivity index (χ4n) is 1.87. The lowest BCUT2D eigenvalue weighted by atomic mass is 9.87. The average Bonchev–Trinajstić information content (AvgIpc) is 2.73. The maximum absolute atomic E-state index is 11.6. The van der Waals surface area contributed by atoms with Gasteiger partial charge in [0.2, 0.25) is 5.91 Å². The van der Waals surface area contributed by atoms with Crippen molar-refractivity contribution in [1.82, 2.24) is 9.97 Å². The highest BCUT2D eigenvalue weighted by Gasteiger charge is 2.21. The summed E-state index contributed by atoms with van der Waals surface area (Å²) in [5, 5.41) is 3.94. The van der Waals surface area contributed by atoms with Crippen molar-refractivity contribution in [2.75, 3.05) is 5.32 Å². The quantitative estimate of drug-likeness (QED) is 0.853. The molecule has 0 radical (unpaired) electrons. The highest BCUT2D eigenvalue weighted by Crippen LogP contribution is 2.30. The number of nitrogens with zero attached hydrogens (tertiary/aromatic N) is 1. The predicted molar refractivity (Wildman–Crippen MR) is 73.7 cm³/mol. The Bertz CT molecular complexity index is 578. The molecule has 4 nitrogen and oxygen atoms in total. The van der Waals surface area contributed by atoms with Crippen molar-refractivity contribution in [3.05, 3.63) is 23.9 Å². The second-order valence-corrected chi connectivity index (χ2v) is 5.45. The zero-order chi connectivity index (χ0) is 13.3. The summed E-state index contributed by atoms with van der Waals surface area (Å²) in [5.41, 5.74) is 1.79. The smallest absolute Gasteiger partial charge is 0.225 e. The minimum Gasteiger partial charge on any atom is -0.346 e. The van der Waals surface area contributed by atoms with Crippen LogP contribution in [0.1, 0.15) is 39.7 Å². The number of aromatic nitrogens is 2. The van der Waals surface area contributed by atoms with Crippen LogP contribution in [-0.4, -0.2) is 15.9 Å². The van der Waals surface area contributed by atoms with Crippen LogP contribution in [0.25, 0.3) is 11.0 Å². The van der Waals surface area contributed by atoms with Gasteiger partial charge in [-0.1, -0.05) is 27.7 Å². The normalized spacial score (nSPS) is 11.8. The maximum atomic E-state index is 11.6. The van der Waals surface area contributed by atoms with Crippen molar-refractivity contribution in [2.45, 2.75) is 39.5 Å². The van der Waals surface area contributed by atoms with Crippen LogP contribution in [0.5, 0.6) is 0 Å². The minimum absolute atomic E-state index is 0.0149. The Hall–Kier alpha value is -1.84. The summed E-state index contributed by atoms with van der Waals surface area (Å²) in [5.74, 6) is 0.642. The van der Waals surface area contributed by atoms with E-state index in [0.717, 1.165) is 16.6 Å². The van der Waals surface area contributed by atoms with Crippen LogP contribution in [0.3, 0.4) is 0 Å². The third-order valence-corrected chi connectivity index (χ3v) is 2.92. The number of H-pyrrole nitrogens is 1. The Labute approximate surface area is 107 Å². The van der Waals surface area contributed by atoms with E-state index in [9.17, 15) is 4.79 Å². The number of aromatic amines is 1. The molecule has 0 unspecified atom stereocenters. The first-order chi connectivity index (χ1) is 8.41. The fourth-order valence-corrected chi connectivity index (χ4v) is 1.87. The molecule has 0 saturated heterocycles. The van der Waals surface area contributed by atoms with Crippen LogP contribution in [0, 0.1) is 0 Å². The fraction of sp³-hybridized carbons (Fsp3) is 0.429. The number of fused-ring (bicyclic) bond motifs is 1. The standard InChI is InChI=1S/C14H19N3O/c1-5-11(18)16-13-10(14(2,3)4)8-9-6-7-15-12(9)17-13/h6-8H,5H2,1-4H3,(H2,15,16,17,18). The molecule has 2 aromatic rings. The van der Waals surface area contributed by atoms with Gasteiger partial charge in [0.15, 0.2) is 0 Å². The third kappa shape index (κ3) is 2.37. The second kappa shape index (κ2) is 4.44. The second-order valence-electron chi connectivity index (χ2n) is 5.45. The van der Waals surface area contributed by atoms with Crippen LogP contribution in [0.15, 0.2) is 18.3 Å². The van der Waals surface area contributed by atoms with Crippen molar-refractivity contribution in [3.8, 4) is 0 Å². The van der Waals surface area contributed by atoms with Crippen molar-refractivity contribution < 1.29 is 4.79 Å². The van der Waals surface area contributed by atoms with Crippen LogP contribution < -0.4 is 5.32 Å². The average molecular weight is 245 g/mol. The number of nitrogens with one attached hydrogen (secondary N) is 2. The van der Waals surface area contributed by atoms with E-state index in [2.05, 4.69) is 42.1 Å². The monoisotopic (exact) mass is 245 g/mol. The molecule has 2 rings (SSSR count). The molecule has 0 aromatic carbocycles. The van der Waals surface area contributed by atoms with E-state index in [1.54, 1.807) is 0 Å². The summed E-state index contributed by atoms with van der Waals surface area (Å²) in [7, 11) is 0. The summed E-state index contributed by atoms with van der Waals surface area (Å²) in [4.78, 5) is 19.1. The van der Waals surface area contributed by atoms with Crippen LogP contribution in [0.2, 0.25) is 0 Å². The highest BCUT2D eigenvalue weighted by molar-refractivity contribution is 5.92. The molecular weight excluding hydrogens is 226 g/mol. The highest BCUT2D eigenvalue weighted by atomic mass is 16.1. The molecule has 0 aliphatic rings. The summed E-state index contributed by atoms with van der Waals surface area (Å²) in [6.07, 6.45) is 2.31. The summed E-state index contributed by atoms with van der Waals surface area (Å²) in [6, 6.07) is 4.08. The van der Waals surface area contributed by atoms with Gasteiger partial charge >= 0.3 is 0 Å². The molecule has 96 valence electrons. The van der Waals surface area contributed by atoms with Crippen LogP contribution >= 0.6 is 0 Å². The number of hydrogen-bond donors (Lipinski definition) is 2. The van der Waals surface area contributed by atoms with E-state index >= 15 is 0 Å². The largest absolute Gasteiger partial charge is 0.346 e. The maximum Gasteiger partial charge on any atom is 0.225 e. The van der Waals surface area contributed by atoms with E-state index in [-0.39, 0.29) is 11.3 Å². The van der Waals surface area contributed by atoms with E-state index in [1.165, 1.54) is 0 Å². The molecule has 1 amide bonds. The summed E-state index contributed by atoms with van der Waals surface area (Å²) < 4.78 is 0. The number of anilines is 1. The number of carbonyl (C=O) groups is 1. The number of hydrogen-bond acceptors (Lipinski definition) is 2. The van der Waals surface area contributed by atoms with Crippen LogP contribution in [0.4, 0.5) is 5.82 Å². The number of amides is 1. The Morgan fingerprint density at radius 3 is 2.78 bits per heavy atom. The lowest BCUT2D eigenvalue weighted by molar-refractivity contribution is -0.115. The van der Waals surface area contributed by atoms with E-state index in [1.807, 2.05) is 19.2 Å². The topological polar surface area (TPSA) is 57.8 Å². The first-order valence-electron chi connectivity index (χ1n) is 6.20. The third-order valence-electron chi connectivity index (χ3n) is 2.92. The van der Waals surface area contributed by atoms with E-state index in [4.69, 9.17) is 0 Å². The van der Waals surface area contributed by atoms with Gasteiger partial charge in [0.25, 0.3) is 0 Å². The molecule has 2 N–H and O–H groups in total. The molecule has 2 heterocycles. The summed E-state index contributed by atoms with van der Waals surface area (Å²) >= 11 is 0. The Morgan fingerprint density at radius 2 is 2.17 bits per heavy atom. The van der Waals surface area contributed by atoms with Crippen molar-refractivity contribution in [3.63, 3.8) is 0 Å². The van der Waals surface area contributed by atoms with Crippen LogP contribution in [-0.2, 0) is 10.2 Å². The zero-order valence-electron chi connectivity index (χ0n) is 11.3. The van der Waals surface area contributed by atoms with Gasteiger partial charge in [0.05, 0.1) is 0 Å². The van der Waals surface area contributed by atoms with Gasteiger partial charge in [-0.3, -0.25) is 4.79 Å². The molecular formula is C14H19N3O. The first kappa shape index (κ1) is 12.6. The van der Waals surface area contributed by atoms with Gasteiger partial charge in [-0.05, 0) is 17.5 Å². The van der Waals surface area contributed by atoms with Gasteiger partial charge in [0.1, 0.15) is 11.5 Å². The van der Waals surface area contributed by atoms with Crippen molar-refractivity contribution >= 4 is 22.8 Å². The Morgan fingerprint density at radius 1 is 1.44 bits per heavy atom. The minimum atomic E-state index is -0.0607. The molecule has 0 atom stereocenters. The van der Waals surface area contributed by atoms with Crippen molar-refractivity contribution in [1.29, 1.82) is 0 Å².